The Morgan fingerprint density at radius 3 is 2.22 bits per heavy atom. The summed E-state index contributed by atoms with van der Waals surface area (Å²) in [5, 5.41) is 0.492. The Hall–Kier alpha value is -4.52. The van der Waals surface area contributed by atoms with Gasteiger partial charge >= 0.3 is 0 Å². The first-order valence-corrected chi connectivity index (χ1v) is 12.2. The topological polar surface area (TPSA) is 74.8 Å². The van der Waals surface area contributed by atoms with Gasteiger partial charge in [-0.1, -0.05) is 50.1 Å². The van der Waals surface area contributed by atoms with Gasteiger partial charge in [0, 0.05) is 12.2 Å². The molecule has 6 rings (SSSR count). The van der Waals surface area contributed by atoms with Crippen molar-refractivity contribution in [2.45, 2.75) is 32.7 Å². The summed E-state index contributed by atoms with van der Waals surface area (Å²) >= 11 is 0. The van der Waals surface area contributed by atoms with Gasteiger partial charge in [-0.15, -0.1) is 0 Å². The predicted molar refractivity (Wildman–Crippen MR) is 142 cm³/mol. The van der Waals surface area contributed by atoms with Crippen molar-refractivity contribution in [3.8, 4) is 17.2 Å². The van der Waals surface area contributed by atoms with E-state index < -0.39 is 0 Å². The van der Waals surface area contributed by atoms with Crippen LogP contribution in [0.5, 0.6) is 11.5 Å². The summed E-state index contributed by atoms with van der Waals surface area (Å²) in [6.45, 7) is 2.78. The molecular weight excluding hydrogens is 450 g/mol. The second kappa shape index (κ2) is 9.26. The lowest BCUT2D eigenvalue weighted by Crippen LogP contribution is -2.20. The van der Waals surface area contributed by atoms with Gasteiger partial charge in [0.05, 0.1) is 17.4 Å². The van der Waals surface area contributed by atoms with Gasteiger partial charge in [0.2, 0.25) is 0 Å². The molecule has 3 heterocycles. The van der Waals surface area contributed by atoms with E-state index in [2.05, 4.69) is 6.92 Å². The summed E-state index contributed by atoms with van der Waals surface area (Å²) in [4.78, 5) is 28.1. The van der Waals surface area contributed by atoms with Gasteiger partial charge in [0.1, 0.15) is 22.4 Å². The predicted octanol–water partition coefficient (Wildman–Crippen LogP) is 6.27. The first-order valence-electron chi connectivity index (χ1n) is 12.2. The third kappa shape index (κ3) is 3.88. The van der Waals surface area contributed by atoms with E-state index in [1.54, 1.807) is 10.9 Å². The molecule has 0 fully saturated rings. The van der Waals surface area contributed by atoms with Gasteiger partial charge in [0.15, 0.2) is 11.3 Å². The Morgan fingerprint density at radius 1 is 0.778 bits per heavy atom. The van der Waals surface area contributed by atoms with Crippen LogP contribution in [0.3, 0.4) is 0 Å². The number of hydrogen-bond donors (Lipinski definition) is 0. The van der Waals surface area contributed by atoms with E-state index in [1.165, 1.54) is 0 Å². The largest absolute Gasteiger partial charge is 0.457 e. The van der Waals surface area contributed by atoms with Crippen LogP contribution in [0.1, 0.15) is 26.2 Å². The zero-order valence-electron chi connectivity index (χ0n) is 20.0. The monoisotopic (exact) mass is 475 g/mol. The second-order valence-corrected chi connectivity index (χ2v) is 8.78. The molecular formula is C29H25N5O2. The number of nitrogens with zero attached hydrogens (tertiary/aromatic N) is 5. The van der Waals surface area contributed by atoms with E-state index >= 15 is 0 Å². The average Bonchev–Trinajstić information content (AvgIpc) is 3.23. The van der Waals surface area contributed by atoms with Gasteiger partial charge in [-0.3, -0.25) is 13.9 Å². The van der Waals surface area contributed by atoms with E-state index in [9.17, 15) is 4.79 Å². The number of benzene rings is 3. The lowest BCUT2D eigenvalue weighted by atomic mass is 10.2. The quantitative estimate of drug-likeness (QED) is 0.255. The number of aromatic nitrogens is 5. The van der Waals surface area contributed by atoms with Crippen molar-refractivity contribution in [1.29, 1.82) is 0 Å². The molecule has 3 aromatic heterocycles. The molecule has 178 valence electrons. The summed E-state index contributed by atoms with van der Waals surface area (Å²) in [5.74, 6) is 1.48. The number of hydrogen-bond acceptors (Lipinski definition) is 5. The SMILES string of the molecule is CCCCCn1cnc2c(c1=O)c1nc3ccccc3nc1n2-c1ccc(Oc2ccccc2)cc1. The number of rotatable bonds is 7. The molecule has 0 aliphatic heterocycles. The molecule has 0 bridgehead atoms. The molecule has 0 unspecified atom stereocenters. The molecule has 6 aromatic rings. The van der Waals surface area contributed by atoms with Gasteiger partial charge in [0.25, 0.3) is 5.56 Å². The van der Waals surface area contributed by atoms with E-state index in [1.807, 2.05) is 83.4 Å². The zero-order valence-corrected chi connectivity index (χ0v) is 20.0. The minimum atomic E-state index is -0.0894. The van der Waals surface area contributed by atoms with Crippen LogP contribution in [0.15, 0.2) is 90.0 Å². The number of aryl methyl sites for hydroxylation is 1. The zero-order chi connectivity index (χ0) is 24.5. The highest BCUT2D eigenvalue weighted by Crippen LogP contribution is 2.30. The lowest BCUT2D eigenvalue weighted by Gasteiger charge is -2.09. The highest BCUT2D eigenvalue weighted by Gasteiger charge is 2.20. The summed E-state index contributed by atoms with van der Waals surface area (Å²) in [7, 11) is 0. The van der Waals surface area contributed by atoms with Crippen LogP contribution in [0.2, 0.25) is 0 Å². The number of unbranched alkanes of at least 4 members (excludes halogenated alkanes) is 2. The van der Waals surface area contributed by atoms with Crippen molar-refractivity contribution < 1.29 is 4.74 Å². The fraction of sp³-hybridized carbons (Fsp3) is 0.172. The fourth-order valence-electron chi connectivity index (χ4n) is 4.50. The summed E-state index contributed by atoms with van der Waals surface area (Å²) in [6.07, 6.45) is 4.72. The van der Waals surface area contributed by atoms with Crippen molar-refractivity contribution >= 4 is 33.2 Å². The summed E-state index contributed by atoms with van der Waals surface area (Å²) in [5.41, 5.74) is 3.97. The van der Waals surface area contributed by atoms with Crippen molar-refractivity contribution in [3.63, 3.8) is 0 Å². The van der Waals surface area contributed by atoms with Gasteiger partial charge in [-0.25, -0.2) is 15.0 Å². The molecule has 7 nitrogen and oxygen atoms in total. The van der Waals surface area contributed by atoms with Gasteiger partial charge < -0.3 is 4.74 Å². The van der Waals surface area contributed by atoms with Crippen molar-refractivity contribution in [2.75, 3.05) is 0 Å². The second-order valence-electron chi connectivity index (χ2n) is 8.78. The number of fused-ring (bicyclic) bond motifs is 4. The Morgan fingerprint density at radius 2 is 1.47 bits per heavy atom. The Kier molecular flexibility index (Phi) is 5.65. The van der Waals surface area contributed by atoms with Gasteiger partial charge in [-0.05, 0) is 55.0 Å². The first kappa shape index (κ1) is 22.0. The minimum absolute atomic E-state index is 0.0894. The van der Waals surface area contributed by atoms with Crippen LogP contribution in [-0.4, -0.2) is 24.1 Å². The van der Waals surface area contributed by atoms with Gasteiger partial charge in [-0.2, -0.15) is 0 Å². The van der Waals surface area contributed by atoms with Crippen molar-refractivity contribution in [3.05, 3.63) is 95.5 Å². The molecule has 0 atom stereocenters. The normalized spacial score (nSPS) is 11.5. The van der Waals surface area contributed by atoms with E-state index in [4.69, 9.17) is 19.7 Å². The Bertz CT molecular complexity index is 1740. The fourth-order valence-corrected chi connectivity index (χ4v) is 4.50. The van der Waals surface area contributed by atoms with Crippen molar-refractivity contribution in [1.82, 2.24) is 24.1 Å². The molecule has 0 amide bonds. The first-order chi connectivity index (χ1) is 17.7. The smallest absolute Gasteiger partial charge is 0.265 e. The van der Waals surface area contributed by atoms with E-state index in [-0.39, 0.29) is 5.56 Å². The van der Waals surface area contributed by atoms with Crippen LogP contribution in [0, 0.1) is 0 Å². The summed E-state index contributed by atoms with van der Waals surface area (Å²) < 4.78 is 9.56. The highest BCUT2D eigenvalue weighted by molar-refractivity contribution is 6.05. The number of ether oxygens (including phenoxy) is 1. The summed E-state index contributed by atoms with van der Waals surface area (Å²) in [6, 6.07) is 25.1. The minimum Gasteiger partial charge on any atom is -0.457 e. The average molecular weight is 476 g/mol. The molecule has 3 aromatic carbocycles. The van der Waals surface area contributed by atoms with Crippen LogP contribution >= 0.6 is 0 Å². The van der Waals surface area contributed by atoms with E-state index in [0.717, 1.165) is 41.7 Å². The van der Waals surface area contributed by atoms with Crippen LogP contribution < -0.4 is 10.3 Å². The third-order valence-corrected chi connectivity index (χ3v) is 6.31. The molecule has 0 saturated carbocycles. The van der Waals surface area contributed by atoms with Crippen LogP contribution in [0.4, 0.5) is 0 Å². The molecule has 0 aliphatic carbocycles. The molecule has 36 heavy (non-hydrogen) atoms. The number of para-hydroxylation sites is 3. The maximum absolute atomic E-state index is 13.6. The molecule has 7 heteroatoms. The van der Waals surface area contributed by atoms with Crippen molar-refractivity contribution in [2.24, 2.45) is 0 Å². The Labute approximate surface area is 207 Å². The Balaban J connectivity index is 1.53. The molecule has 0 aliphatic rings. The molecule has 0 radical (unpaired) electrons. The molecule has 0 N–H and O–H groups in total. The molecule has 0 spiro atoms. The maximum atomic E-state index is 13.6. The standard InChI is InChI=1S/C29H25N5O2/c1-2-3-9-18-33-19-30-27-25(29(33)35)26-28(32-24-13-8-7-12-23(24)31-26)34(27)20-14-16-22(17-15-20)36-21-10-5-4-6-11-21/h4-8,10-17,19H,2-3,9,18H2,1H3. The maximum Gasteiger partial charge on any atom is 0.265 e. The van der Waals surface area contributed by atoms with E-state index in [0.29, 0.717) is 34.5 Å². The lowest BCUT2D eigenvalue weighted by molar-refractivity contribution is 0.482. The van der Waals surface area contributed by atoms with Crippen LogP contribution in [-0.2, 0) is 6.54 Å². The molecule has 0 saturated heterocycles. The third-order valence-electron chi connectivity index (χ3n) is 6.31. The highest BCUT2D eigenvalue weighted by atomic mass is 16.5. The van der Waals surface area contributed by atoms with Crippen LogP contribution in [0.25, 0.3) is 38.9 Å².